The predicted molar refractivity (Wildman–Crippen MR) is 64.3 cm³/mol. The Balaban J connectivity index is 2.66. The maximum atomic E-state index is 12.8. The van der Waals surface area contributed by atoms with Crippen molar-refractivity contribution in [3.8, 4) is 0 Å². The van der Waals surface area contributed by atoms with Gasteiger partial charge in [-0.15, -0.1) is 4.31 Å². The Labute approximate surface area is 111 Å². The zero-order valence-electron chi connectivity index (χ0n) is 10.2. The van der Waals surface area contributed by atoms with E-state index in [0.29, 0.717) is 12.4 Å². The summed E-state index contributed by atoms with van der Waals surface area (Å²) >= 11 is -1.66. The van der Waals surface area contributed by atoms with Crippen LogP contribution in [-0.4, -0.2) is 35.9 Å². The average molecular weight is 292 g/mol. The number of fused-ring (bicyclic) bond motifs is 1. The summed E-state index contributed by atoms with van der Waals surface area (Å²) in [5.74, 6) is 0. The quantitative estimate of drug-likeness (QED) is 0.586. The second kappa shape index (κ2) is 4.69. The molecule has 4 nitrogen and oxygen atoms in total. The van der Waals surface area contributed by atoms with Gasteiger partial charge in [0.2, 0.25) is 0 Å². The van der Waals surface area contributed by atoms with Crippen molar-refractivity contribution in [3.63, 3.8) is 0 Å². The van der Waals surface area contributed by atoms with Crippen LogP contribution < -0.4 is 4.90 Å². The van der Waals surface area contributed by atoms with Crippen molar-refractivity contribution in [2.24, 2.45) is 0 Å². The molecule has 2 rings (SSSR count). The van der Waals surface area contributed by atoms with Gasteiger partial charge < -0.3 is 9.45 Å². The van der Waals surface area contributed by atoms with Crippen molar-refractivity contribution >= 4 is 23.3 Å². The first-order chi connectivity index (χ1) is 8.75. The molecule has 104 valence electrons. The predicted octanol–water partition coefficient (Wildman–Crippen LogP) is 1.88. The van der Waals surface area contributed by atoms with Gasteiger partial charge in [0.1, 0.15) is 6.67 Å². The monoisotopic (exact) mass is 292 g/mol. The van der Waals surface area contributed by atoms with Crippen molar-refractivity contribution in [2.45, 2.75) is 11.1 Å². The molecule has 0 saturated carbocycles. The lowest BCUT2D eigenvalue weighted by molar-refractivity contribution is -0.138. The minimum Gasteiger partial charge on any atom is -0.593 e. The average Bonchev–Trinajstić information content (AvgIpc) is 2.33. The molecule has 1 aliphatic heterocycles. The Bertz CT molecular complexity index is 521. The summed E-state index contributed by atoms with van der Waals surface area (Å²) < 4.78 is 51.9. The normalized spacial score (nSPS) is 20.3. The summed E-state index contributed by atoms with van der Waals surface area (Å²) in [4.78, 5) is 12.5. The first-order valence-electron chi connectivity index (χ1n) is 5.30. The summed E-state index contributed by atoms with van der Waals surface area (Å²) in [5, 5.41) is 0. The van der Waals surface area contributed by atoms with E-state index in [0.717, 1.165) is 12.1 Å². The van der Waals surface area contributed by atoms with E-state index in [9.17, 15) is 22.5 Å². The number of carbonyl (C=O) groups is 1. The fraction of sp³-hybridized carbons (Fsp3) is 0.364. The summed E-state index contributed by atoms with van der Waals surface area (Å²) in [6, 6.07) is 1.93. The maximum absolute atomic E-state index is 12.8. The third-order valence-electron chi connectivity index (χ3n) is 2.86. The van der Waals surface area contributed by atoms with Gasteiger partial charge in [0.25, 0.3) is 0 Å². The van der Waals surface area contributed by atoms with Gasteiger partial charge in [0.15, 0.2) is 11.2 Å². The molecule has 1 aromatic carbocycles. The molecule has 0 saturated heterocycles. The number of nitrogens with zero attached hydrogens (tertiary/aromatic N) is 2. The molecule has 0 radical (unpaired) electrons. The Morgan fingerprint density at radius 3 is 2.53 bits per heavy atom. The fourth-order valence-electron chi connectivity index (χ4n) is 1.96. The summed E-state index contributed by atoms with van der Waals surface area (Å²) in [6.07, 6.45) is -4.48. The van der Waals surface area contributed by atoms with Crippen LogP contribution in [-0.2, 0) is 17.5 Å². The molecular formula is C11H11F3N2O2S. The van der Waals surface area contributed by atoms with Crippen LogP contribution in [0.25, 0.3) is 0 Å². The Morgan fingerprint density at radius 2 is 2.00 bits per heavy atom. The first-order valence-corrected chi connectivity index (χ1v) is 6.41. The van der Waals surface area contributed by atoms with Gasteiger partial charge in [-0.2, -0.15) is 13.2 Å². The largest absolute Gasteiger partial charge is 0.593 e. The summed E-state index contributed by atoms with van der Waals surface area (Å²) in [7, 11) is 3.21. The molecule has 0 bridgehead atoms. The molecule has 0 fully saturated rings. The smallest absolute Gasteiger partial charge is 0.417 e. The highest BCUT2D eigenvalue weighted by atomic mass is 32.2. The van der Waals surface area contributed by atoms with Crippen molar-refractivity contribution in [2.75, 3.05) is 25.7 Å². The van der Waals surface area contributed by atoms with Gasteiger partial charge in [-0.3, -0.25) is 4.79 Å². The molecule has 8 heteroatoms. The number of halogens is 3. The van der Waals surface area contributed by atoms with Gasteiger partial charge in [-0.1, -0.05) is 0 Å². The Kier molecular flexibility index (Phi) is 3.50. The van der Waals surface area contributed by atoms with E-state index in [2.05, 4.69) is 0 Å². The van der Waals surface area contributed by atoms with Crippen LogP contribution in [0, 0.1) is 0 Å². The second-order valence-electron chi connectivity index (χ2n) is 4.24. The summed E-state index contributed by atoms with van der Waals surface area (Å²) in [5.41, 5.74) is -1.12. The minimum absolute atomic E-state index is 0.0641. The third kappa shape index (κ3) is 2.43. The van der Waals surface area contributed by atoms with E-state index in [1.807, 2.05) is 0 Å². The van der Waals surface area contributed by atoms with E-state index < -0.39 is 28.7 Å². The van der Waals surface area contributed by atoms with Gasteiger partial charge >= 0.3 is 6.18 Å². The van der Waals surface area contributed by atoms with Gasteiger partial charge in [-0.25, -0.2) is 0 Å². The molecule has 0 aliphatic carbocycles. The number of benzene rings is 1. The summed E-state index contributed by atoms with van der Waals surface area (Å²) in [6.45, 7) is 0.309. The first kappa shape index (κ1) is 14.2. The van der Waals surface area contributed by atoms with Crippen LogP contribution in [0.3, 0.4) is 0 Å². The number of alkyl halides is 3. The molecule has 1 aromatic rings. The highest BCUT2D eigenvalue weighted by Gasteiger charge is 2.39. The zero-order valence-corrected chi connectivity index (χ0v) is 11.0. The van der Waals surface area contributed by atoms with Crippen molar-refractivity contribution < 1.29 is 22.5 Å². The SMILES string of the molecule is CN1CN(C)[S+]([O-])c2cc(C(F)(F)F)c(C=O)cc21. The molecule has 1 atom stereocenters. The van der Waals surface area contributed by atoms with Crippen molar-refractivity contribution in [1.29, 1.82) is 0 Å². The van der Waals surface area contributed by atoms with Gasteiger partial charge in [-0.05, 0) is 6.07 Å². The van der Waals surface area contributed by atoms with Crippen LogP contribution in [0.5, 0.6) is 0 Å². The number of hydrogen-bond acceptors (Lipinski definition) is 4. The minimum atomic E-state index is -4.65. The number of rotatable bonds is 1. The molecule has 1 heterocycles. The lowest BCUT2D eigenvalue weighted by Gasteiger charge is -2.34. The number of carbonyl (C=O) groups excluding carboxylic acids is 1. The van der Waals surface area contributed by atoms with Crippen LogP contribution in [0.4, 0.5) is 18.9 Å². The molecular weight excluding hydrogens is 281 g/mol. The van der Waals surface area contributed by atoms with E-state index in [4.69, 9.17) is 0 Å². The topological polar surface area (TPSA) is 46.6 Å². The van der Waals surface area contributed by atoms with Gasteiger partial charge in [0.05, 0.1) is 22.6 Å². The Morgan fingerprint density at radius 1 is 1.37 bits per heavy atom. The molecule has 19 heavy (non-hydrogen) atoms. The standard InChI is InChI=1S/C11H11F3N2O2S/c1-15-6-16(2)19(18)10-4-8(11(12,13)14)7(5-17)3-9(10)15/h3-5H,6H2,1-2H3. The van der Waals surface area contributed by atoms with E-state index >= 15 is 0 Å². The van der Waals surface area contributed by atoms with Crippen LogP contribution in [0.2, 0.25) is 0 Å². The van der Waals surface area contributed by atoms with E-state index in [1.54, 1.807) is 19.0 Å². The lowest BCUT2D eigenvalue weighted by Crippen LogP contribution is -2.42. The number of hydrogen-bond donors (Lipinski definition) is 0. The van der Waals surface area contributed by atoms with Crippen LogP contribution in [0.15, 0.2) is 17.0 Å². The van der Waals surface area contributed by atoms with Crippen LogP contribution >= 0.6 is 0 Å². The highest BCUT2D eigenvalue weighted by Crippen LogP contribution is 2.39. The molecule has 0 spiro atoms. The number of anilines is 1. The van der Waals surface area contributed by atoms with Crippen molar-refractivity contribution in [3.05, 3.63) is 23.3 Å². The molecule has 1 aliphatic rings. The maximum Gasteiger partial charge on any atom is 0.417 e. The van der Waals surface area contributed by atoms with Gasteiger partial charge in [0, 0.05) is 25.7 Å². The number of aldehydes is 1. The van der Waals surface area contributed by atoms with Crippen molar-refractivity contribution in [1.82, 2.24) is 4.31 Å². The molecule has 0 amide bonds. The second-order valence-corrected chi connectivity index (χ2v) is 5.80. The zero-order chi connectivity index (χ0) is 14.4. The van der Waals surface area contributed by atoms with E-state index in [-0.39, 0.29) is 11.2 Å². The van der Waals surface area contributed by atoms with E-state index in [1.165, 1.54) is 4.31 Å². The third-order valence-corrected chi connectivity index (χ3v) is 4.24. The highest BCUT2D eigenvalue weighted by molar-refractivity contribution is 7.89. The lowest BCUT2D eigenvalue weighted by atomic mass is 10.1. The molecule has 1 unspecified atom stereocenters. The fourth-order valence-corrected chi connectivity index (χ4v) is 3.19. The molecule has 0 aromatic heterocycles. The molecule has 0 N–H and O–H groups in total. The Hall–Kier alpha value is -1.25. The van der Waals surface area contributed by atoms with Crippen LogP contribution in [0.1, 0.15) is 15.9 Å².